The molecule has 0 saturated carbocycles. The molecular formula is C13H13BrN2. The summed E-state index contributed by atoms with van der Waals surface area (Å²) in [4.78, 5) is 4.18. The molecule has 0 radical (unpaired) electrons. The molecule has 2 rings (SSSR count). The molecular weight excluding hydrogens is 264 g/mol. The molecule has 3 heteroatoms. The third-order valence-electron chi connectivity index (χ3n) is 2.41. The van der Waals surface area contributed by atoms with Crippen LogP contribution in [0, 0.1) is 0 Å². The lowest BCUT2D eigenvalue weighted by Gasteiger charge is -2.15. The van der Waals surface area contributed by atoms with Gasteiger partial charge in [-0.25, -0.2) is 4.98 Å². The Labute approximate surface area is 104 Å². The van der Waals surface area contributed by atoms with E-state index in [9.17, 15) is 0 Å². The number of hydrogen-bond acceptors (Lipinski definition) is 2. The number of halogens is 1. The zero-order chi connectivity index (χ0) is 11.4. The van der Waals surface area contributed by atoms with Gasteiger partial charge < -0.3 is 5.32 Å². The predicted octanol–water partition coefficient (Wildman–Crippen LogP) is 4.02. The molecule has 82 valence electrons. The Morgan fingerprint density at radius 1 is 1.12 bits per heavy atom. The Kier molecular flexibility index (Phi) is 3.57. The van der Waals surface area contributed by atoms with E-state index >= 15 is 0 Å². The standard InChI is InChI=1S/C13H13BrN2/c1-10(11-5-3-2-4-6-11)16-12-7-8-13(14)15-9-12/h2-10,16H,1H3. The lowest BCUT2D eigenvalue weighted by Crippen LogP contribution is -2.06. The van der Waals surface area contributed by atoms with Crippen molar-refractivity contribution >= 4 is 21.6 Å². The number of benzene rings is 1. The van der Waals surface area contributed by atoms with Crippen molar-refractivity contribution in [3.05, 3.63) is 58.8 Å². The summed E-state index contributed by atoms with van der Waals surface area (Å²) in [6.07, 6.45) is 1.82. The first kappa shape index (κ1) is 11.1. The summed E-state index contributed by atoms with van der Waals surface area (Å²) in [5.41, 5.74) is 2.30. The van der Waals surface area contributed by atoms with E-state index in [1.165, 1.54) is 5.56 Å². The lowest BCUT2D eigenvalue weighted by atomic mass is 10.1. The van der Waals surface area contributed by atoms with E-state index in [2.05, 4.69) is 45.3 Å². The van der Waals surface area contributed by atoms with E-state index in [-0.39, 0.29) is 6.04 Å². The monoisotopic (exact) mass is 276 g/mol. The molecule has 1 aromatic carbocycles. The van der Waals surface area contributed by atoms with Crippen LogP contribution in [0.3, 0.4) is 0 Å². The third kappa shape index (κ3) is 2.83. The fraction of sp³-hybridized carbons (Fsp3) is 0.154. The minimum absolute atomic E-state index is 0.282. The largest absolute Gasteiger partial charge is 0.377 e. The van der Waals surface area contributed by atoms with Crippen molar-refractivity contribution in [2.75, 3.05) is 5.32 Å². The smallest absolute Gasteiger partial charge is 0.106 e. The number of pyridine rings is 1. The Morgan fingerprint density at radius 2 is 1.88 bits per heavy atom. The summed E-state index contributed by atoms with van der Waals surface area (Å²) >= 11 is 3.32. The van der Waals surface area contributed by atoms with Gasteiger partial charge in [-0.1, -0.05) is 30.3 Å². The molecule has 2 nitrogen and oxygen atoms in total. The second kappa shape index (κ2) is 5.12. The molecule has 0 aliphatic carbocycles. The van der Waals surface area contributed by atoms with E-state index < -0.39 is 0 Å². The molecule has 1 heterocycles. The minimum atomic E-state index is 0.282. The second-order valence-corrected chi connectivity index (χ2v) is 4.46. The van der Waals surface area contributed by atoms with E-state index in [1.807, 2.05) is 36.5 Å². The van der Waals surface area contributed by atoms with Gasteiger partial charge >= 0.3 is 0 Å². The van der Waals surface area contributed by atoms with Crippen LogP contribution in [0.25, 0.3) is 0 Å². The van der Waals surface area contributed by atoms with E-state index in [1.54, 1.807) is 0 Å². The van der Waals surface area contributed by atoms with Crippen molar-refractivity contribution in [1.29, 1.82) is 0 Å². The van der Waals surface area contributed by atoms with Crippen molar-refractivity contribution in [1.82, 2.24) is 4.98 Å². The van der Waals surface area contributed by atoms with Gasteiger partial charge in [0.15, 0.2) is 0 Å². The zero-order valence-electron chi connectivity index (χ0n) is 9.02. The Morgan fingerprint density at radius 3 is 2.50 bits per heavy atom. The summed E-state index contributed by atoms with van der Waals surface area (Å²) in [6.45, 7) is 2.14. The molecule has 0 fully saturated rings. The molecule has 16 heavy (non-hydrogen) atoms. The van der Waals surface area contributed by atoms with Crippen molar-refractivity contribution in [3.8, 4) is 0 Å². The van der Waals surface area contributed by atoms with Crippen molar-refractivity contribution < 1.29 is 0 Å². The highest BCUT2D eigenvalue weighted by atomic mass is 79.9. The van der Waals surface area contributed by atoms with Crippen LogP contribution < -0.4 is 5.32 Å². The van der Waals surface area contributed by atoms with Gasteiger partial charge in [0.1, 0.15) is 4.60 Å². The molecule has 0 spiro atoms. The number of aromatic nitrogens is 1. The van der Waals surface area contributed by atoms with Crippen LogP contribution >= 0.6 is 15.9 Å². The van der Waals surface area contributed by atoms with E-state index in [0.717, 1.165) is 10.3 Å². The summed E-state index contributed by atoms with van der Waals surface area (Å²) in [5, 5.41) is 3.40. The van der Waals surface area contributed by atoms with Crippen molar-refractivity contribution in [3.63, 3.8) is 0 Å². The van der Waals surface area contributed by atoms with E-state index in [4.69, 9.17) is 0 Å². The van der Waals surface area contributed by atoms with Gasteiger partial charge in [0.2, 0.25) is 0 Å². The Bertz CT molecular complexity index is 439. The first-order chi connectivity index (χ1) is 7.75. The quantitative estimate of drug-likeness (QED) is 0.857. The van der Waals surface area contributed by atoms with Gasteiger partial charge in [-0.2, -0.15) is 0 Å². The summed E-state index contributed by atoms with van der Waals surface area (Å²) < 4.78 is 0.852. The molecule has 1 unspecified atom stereocenters. The van der Waals surface area contributed by atoms with Crippen LogP contribution in [0.2, 0.25) is 0 Å². The Balaban J connectivity index is 2.08. The predicted molar refractivity (Wildman–Crippen MR) is 70.4 cm³/mol. The van der Waals surface area contributed by atoms with Crippen LogP contribution in [-0.4, -0.2) is 4.98 Å². The second-order valence-electron chi connectivity index (χ2n) is 3.65. The molecule has 0 aliphatic heterocycles. The topological polar surface area (TPSA) is 24.9 Å². The lowest BCUT2D eigenvalue weighted by molar-refractivity contribution is 0.882. The highest BCUT2D eigenvalue weighted by molar-refractivity contribution is 9.10. The molecule has 0 amide bonds. The number of rotatable bonds is 3. The van der Waals surface area contributed by atoms with Crippen LogP contribution in [0.5, 0.6) is 0 Å². The van der Waals surface area contributed by atoms with Gasteiger partial charge in [0.05, 0.1) is 11.9 Å². The van der Waals surface area contributed by atoms with Crippen molar-refractivity contribution in [2.45, 2.75) is 13.0 Å². The maximum Gasteiger partial charge on any atom is 0.106 e. The molecule has 0 aliphatic rings. The highest BCUT2D eigenvalue weighted by Gasteiger charge is 2.03. The number of nitrogens with zero attached hydrogens (tertiary/aromatic N) is 1. The number of hydrogen-bond donors (Lipinski definition) is 1. The van der Waals surface area contributed by atoms with Crippen molar-refractivity contribution in [2.24, 2.45) is 0 Å². The fourth-order valence-electron chi connectivity index (χ4n) is 1.54. The molecule has 2 aromatic rings. The maximum atomic E-state index is 4.18. The first-order valence-corrected chi connectivity index (χ1v) is 5.98. The van der Waals surface area contributed by atoms with Crippen LogP contribution in [0.15, 0.2) is 53.3 Å². The van der Waals surface area contributed by atoms with Crippen LogP contribution in [0.4, 0.5) is 5.69 Å². The number of nitrogens with one attached hydrogen (secondary N) is 1. The molecule has 0 saturated heterocycles. The average molecular weight is 277 g/mol. The normalized spacial score (nSPS) is 12.1. The minimum Gasteiger partial charge on any atom is -0.377 e. The van der Waals surface area contributed by atoms with Gasteiger partial charge in [0, 0.05) is 6.04 Å². The average Bonchev–Trinajstić information content (AvgIpc) is 2.33. The summed E-state index contributed by atoms with van der Waals surface area (Å²) in [5.74, 6) is 0. The molecule has 1 aromatic heterocycles. The molecule has 1 N–H and O–H groups in total. The van der Waals surface area contributed by atoms with Gasteiger partial charge in [-0.15, -0.1) is 0 Å². The third-order valence-corrected chi connectivity index (χ3v) is 2.88. The van der Waals surface area contributed by atoms with Gasteiger partial charge in [-0.05, 0) is 40.5 Å². The van der Waals surface area contributed by atoms with Gasteiger partial charge in [0.25, 0.3) is 0 Å². The molecule has 0 bridgehead atoms. The van der Waals surface area contributed by atoms with E-state index in [0.29, 0.717) is 0 Å². The maximum absolute atomic E-state index is 4.18. The van der Waals surface area contributed by atoms with Crippen LogP contribution in [-0.2, 0) is 0 Å². The fourth-order valence-corrected chi connectivity index (χ4v) is 1.77. The summed E-state index contributed by atoms with van der Waals surface area (Å²) in [7, 11) is 0. The Hall–Kier alpha value is -1.35. The van der Waals surface area contributed by atoms with Gasteiger partial charge in [-0.3, -0.25) is 0 Å². The number of anilines is 1. The zero-order valence-corrected chi connectivity index (χ0v) is 10.6. The first-order valence-electron chi connectivity index (χ1n) is 5.19. The highest BCUT2D eigenvalue weighted by Crippen LogP contribution is 2.19. The van der Waals surface area contributed by atoms with Crippen LogP contribution in [0.1, 0.15) is 18.5 Å². The summed E-state index contributed by atoms with van der Waals surface area (Å²) in [6, 6.07) is 14.6. The SMILES string of the molecule is CC(Nc1ccc(Br)nc1)c1ccccc1. The molecule has 1 atom stereocenters.